The Balaban J connectivity index is 1.57. The maximum atomic E-state index is 13.3. The van der Waals surface area contributed by atoms with Crippen LogP contribution in [0, 0.1) is 5.92 Å². The molecule has 1 aliphatic carbocycles. The zero-order valence-corrected chi connectivity index (χ0v) is 18.2. The van der Waals surface area contributed by atoms with Crippen LogP contribution in [-0.2, 0) is 19.4 Å². The molecule has 4 rings (SSSR count). The highest BCUT2D eigenvalue weighted by Gasteiger charge is 2.27. The molecule has 3 aromatic rings. The van der Waals surface area contributed by atoms with Crippen LogP contribution in [0.4, 0.5) is 10.7 Å². The first-order chi connectivity index (χ1) is 14.6. The average Bonchev–Trinajstić information content (AvgIpc) is 3.12. The SMILES string of the molecule is CCOc1ccc(NC(=O)c2c(NCc3cccnc3)sc3c2CC[C@H](C)C3)cc1. The van der Waals surface area contributed by atoms with Crippen LogP contribution in [0.5, 0.6) is 5.75 Å². The molecule has 2 heterocycles. The van der Waals surface area contributed by atoms with Crippen molar-refractivity contribution in [3.8, 4) is 5.75 Å². The molecule has 6 heteroatoms. The summed E-state index contributed by atoms with van der Waals surface area (Å²) < 4.78 is 5.49. The van der Waals surface area contributed by atoms with Crippen molar-refractivity contribution >= 4 is 27.9 Å². The molecule has 0 fully saturated rings. The van der Waals surface area contributed by atoms with Crippen LogP contribution >= 0.6 is 11.3 Å². The normalized spacial score (nSPS) is 15.3. The Bertz CT molecular complexity index is 999. The Morgan fingerprint density at radius 3 is 2.83 bits per heavy atom. The quantitative estimate of drug-likeness (QED) is 0.526. The third kappa shape index (κ3) is 4.65. The van der Waals surface area contributed by atoms with Gasteiger partial charge >= 0.3 is 0 Å². The predicted molar refractivity (Wildman–Crippen MR) is 123 cm³/mol. The van der Waals surface area contributed by atoms with E-state index >= 15 is 0 Å². The number of nitrogens with one attached hydrogen (secondary N) is 2. The molecule has 2 N–H and O–H groups in total. The first-order valence-corrected chi connectivity index (χ1v) is 11.3. The van der Waals surface area contributed by atoms with Gasteiger partial charge in [-0.3, -0.25) is 9.78 Å². The number of hydrogen-bond acceptors (Lipinski definition) is 5. The van der Waals surface area contributed by atoms with Gasteiger partial charge in [-0.25, -0.2) is 0 Å². The van der Waals surface area contributed by atoms with Gasteiger partial charge in [-0.1, -0.05) is 13.0 Å². The van der Waals surface area contributed by atoms with E-state index in [4.69, 9.17) is 4.74 Å². The summed E-state index contributed by atoms with van der Waals surface area (Å²) in [5, 5.41) is 7.51. The Morgan fingerprint density at radius 2 is 2.10 bits per heavy atom. The zero-order valence-electron chi connectivity index (χ0n) is 17.4. The molecular formula is C24H27N3O2S. The highest BCUT2D eigenvalue weighted by Crippen LogP contribution is 2.40. The summed E-state index contributed by atoms with van der Waals surface area (Å²) in [5.74, 6) is 1.40. The van der Waals surface area contributed by atoms with Gasteiger partial charge in [-0.05, 0) is 73.6 Å². The zero-order chi connectivity index (χ0) is 20.9. The van der Waals surface area contributed by atoms with Crippen LogP contribution in [0.3, 0.4) is 0 Å². The molecule has 0 saturated carbocycles. The molecule has 1 aromatic carbocycles. The second kappa shape index (κ2) is 9.30. The van der Waals surface area contributed by atoms with Gasteiger partial charge in [-0.2, -0.15) is 0 Å². The lowest BCUT2D eigenvalue weighted by atomic mass is 9.88. The summed E-state index contributed by atoms with van der Waals surface area (Å²) in [7, 11) is 0. The standard InChI is InChI=1S/C24H27N3O2S/c1-3-29-19-9-7-18(8-10-19)27-23(28)22-20-11-6-16(2)13-21(20)30-24(22)26-15-17-5-4-12-25-14-17/h4-5,7-10,12,14,16,26H,3,6,11,13,15H2,1-2H3,(H,27,28)/t16-/m0/s1. The number of hydrogen-bond donors (Lipinski definition) is 2. The predicted octanol–water partition coefficient (Wildman–Crippen LogP) is 5.53. The van der Waals surface area contributed by atoms with Gasteiger partial charge in [0.2, 0.25) is 0 Å². The van der Waals surface area contributed by atoms with Crippen molar-refractivity contribution in [2.75, 3.05) is 17.2 Å². The lowest BCUT2D eigenvalue weighted by Gasteiger charge is -2.18. The lowest BCUT2D eigenvalue weighted by Crippen LogP contribution is -2.17. The first-order valence-electron chi connectivity index (χ1n) is 10.5. The summed E-state index contributed by atoms with van der Waals surface area (Å²) in [6.07, 6.45) is 6.73. The summed E-state index contributed by atoms with van der Waals surface area (Å²) >= 11 is 1.72. The van der Waals surface area contributed by atoms with Crippen molar-refractivity contribution in [3.05, 3.63) is 70.4 Å². The minimum absolute atomic E-state index is 0.0556. The van der Waals surface area contributed by atoms with Crippen LogP contribution < -0.4 is 15.4 Å². The van der Waals surface area contributed by atoms with E-state index in [0.29, 0.717) is 19.1 Å². The lowest BCUT2D eigenvalue weighted by molar-refractivity contribution is 0.102. The van der Waals surface area contributed by atoms with Gasteiger partial charge in [-0.15, -0.1) is 11.3 Å². The Hall–Kier alpha value is -2.86. The van der Waals surface area contributed by atoms with Gasteiger partial charge < -0.3 is 15.4 Å². The summed E-state index contributed by atoms with van der Waals surface area (Å²) in [5.41, 5.74) is 3.86. The summed E-state index contributed by atoms with van der Waals surface area (Å²) in [4.78, 5) is 18.8. The third-order valence-corrected chi connectivity index (χ3v) is 6.55. The third-order valence-electron chi connectivity index (χ3n) is 5.34. The number of ether oxygens (including phenoxy) is 1. The molecule has 0 bridgehead atoms. The smallest absolute Gasteiger partial charge is 0.258 e. The highest BCUT2D eigenvalue weighted by atomic mass is 32.1. The van der Waals surface area contributed by atoms with Gasteiger partial charge in [0.1, 0.15) is 10.8 Å². The van der Waals surface area contributed by atoms with Crippen LogP contribution in [0.25, 0.3) is 0 Å². The van der Waals surface area contributed by atoms with Crippen molar-refractivity contribution in [3.63, 3.8) is 0 Å². The van der Waals surface area contributed by atoms with Crippen LogP contribution in [-0.4, -0.2) is 17.5 Å². The van der Waals surface area contributed by atoms with Crippen molar-refractivity contribution in [2.24, 2.45) is 5.92 Å². The van der Waals surface area contributed by atoms with Crippen molar-refractivity contribution in [2.45, 2.75) is 39.7 Å². The van der Waals surface area contributed by atoms with E-state index in [0.717, 1.165) is 46.8 Å². The maximum absolute atomic E-state index is 13.3. The van der Waals surface area contributed by atoms with E-state index in [1.165, 1.54) is 10.4 Å². The fourth-order valence-electron chi connectivity index (χ4n) is 3.80. The number of aromatic nitrogens is 1. The average molecular weight is 422 g/mol. The van der Waals surface area contributed by atoms with Crippen molar-refractivity contribution < 1.29 is 9.53 Å². The van der Waals surface area contributed by atoms with Gasteiger partial charge in [0.05, 0.1) is 12.2 Å². The second-order valence-electron chi connectivity index (χ2n) is 7.68. The van der Waals surface area contributed by atoms with Gasteiger partial charge in [0, 0.05) is 29.5 Å². The van der Waals surface area contributed by atoms with Gasteiger partial charge in [0.15, 0.2) is 0 Å². The number of benzene rings is 1. The van der Waals surface area contributed by atoms with E-state index in [-0.39, 0.29) is 5.91 Å². The molecule has 30 heavy (non-hydrogen) atoms. The van der Waals surface area contributed by atoms with Crippen molar-refractivity contribution in [1.82, 2.24) is 4.98 Å². The molecule has 156 valence electrons. The topological polar surface area (TPSA) is 63.2 Å². The highest BCUT2D eigenvalue weighted by molar-refractivity contribution is 7.16. The summed E-state index contributed by atoms with van der Waals surface area (Å²) in [6.45, 7) is 5.50. The van der Waals surface area contributed by atoms with E-state index in [2.05, 4.69) is 22.5 Å². The fourth-order valence-corrected chi connectivity index (χ4v) is 5.20. The minimum atomic E-state index is -0.0556. The van der Waals surface area contributed by atoms with Crippen molar-refractivity contribution in [1.29, 1.82) is 0 Å². The van der Waals surface area contributed by atoms with Crippen LogP contribution in [0.1, 0.15) is 46.6 Å². The number of amides is 1. The summed E-state index contributed by atoms with van der Waals surface area (Å²) in [6, 6.07) is 11.5. The minimum Gasteiger partial charge on any atom is -0.494 e. The molecule has 0 spiro atoms. The molecule has 5 nitrogen and oxygen atoms in total. The second-order valence-corrected chi connectivity index (χ2v) is 8.79. The molecule has 0 saturated heterocycles. The van der Waals surface area contributed by atoms with E-state index < -0.39 is 0 Å². The first kappa shape index (κ1) is 20.4. The number of nitrogens with zero attached hydrogens (tertiary/aromatic N) is 1. The number of fused-ring (bicyclic) bond motifs is 1. The molecule has 1 aliphatic rings. The number of thiophene rings is 1. The molecule has 2 aromatic heterocycles. The monoisotopic (exact) mass is 421 g/mol. The molecular weight excluding hydrogens is 394 g/mol. The Morgan fingerprint density at radius 1 is 1.27 bits per heavy atom. The fraction of sp³-hybridized carbons (Fsp3) is 0.333. The van der Waals surface area contributed by atoms with E-state index in [9.17, 15) is 4.79 Å². The van der Waals surface area contributed by atoms with Gasteiger partial charge in [0.25, 0.3) is 5.91 Å². The molecule has 0 unspecified atom stereocenters. The van der Waals surface area contributed by atoms with Crippen LogP contribution in [0.2, 0.25) is 0 Å². The molecule has 1 atom stereocenters. The number of pyridine rings is 1. The number of rotatable bonds is 7. The molecule has 0 aliphatic heterocycles. The largest absolute Gasteiger partial charge is 0.494 e. The maximum Gasteiger partial charge on any atom is 0.258 e. The van der Waals surface area contributed by atoms with E-state index in [1.807, 2.05) is 49.5 Å². The van der Waals surface area contributed by atoms with Crippen LogP contribution in [0.15, 0.2) is 48.8 Å². The molecule has 0 radical (unpaired) electrons. The number of carbonyl (C=O) groups excluding carboxylic acids is 1. The van der Waals surface area contributed by atoms with E-state index in [1.54, 1.807) is 17.5 Å². The number of carbonyl (C=O) groups is 1. The number of anilines is 2. The molecule has 1 amide bonds. The Kier molecular flexibility index (Phi) is 6.33. The Labute approximate surface area is 181 Å².